The monoisotopic (exact) mass is 377 g/mol. The van der Waals surface area contributed by atoms with E-state index in [2.05, 4.69) is 10.6 Å². The van der Waals surface area contributed by atoms with Gasteiger partial charge in [0.1, 0.15) is 12.1 Å². The number of thioether (sulfide) groups is 1. The summed E-state index contributed by atoms with van der Waals surface area (Å²) in [7, 11) is 0. The van der Waals surface area contributed by atoms with Crippen molar-refractivity contribution in [1.82, 2.24) is 10.6 Å². The maximum atomic E-state index is 12.2. The van der Waals surface area contributed by atoms with Crippen molar-refractivity contribution in [2.24, 2.45) is 17.2 Å². The number of aliphatic carboxylic acids is 1. The first-order chi connectivity index (χ1) is 11.6. The molecule has 25 heavy (non-hydrogen) atoms. The van der Waals surface area contributed by atoms with Crippen LogP contribution in [-0.4, -0.2) is 64.8 Å². The van der Waals surface area contributed by atoms with Gasteiger partial charge in [-0.2, -0.15) is 11.8 Å². The molecule has 0 aliphatic heterocycles. The summed E-state index contributed by atoms with van der Waals surface area (Å²) in [6, 6.07) is -3.92. The summed E-state index contributed by atoms with van der Waals surface area (Å²) < 4.78 is 0. The number of carboxylic acid groups (broad SMARTS) is 1. The molecule has 0 fully saturated rings. The van der Waals surface area contributed by atoms with Crippen molar-refractivity contribution in [2.75, 3.05) is 12.0 Å². The molecule has 0 aromatic carbocycles. The third-order valence-electron chi connectivity index (χ3n) is 3.02. The summed E-state index contributed by atoms with van der Waals surface area (Å²) in [6.45, 7) is 0. The Bertz CT molecular complexity index is 529. The van der Waals surface area contributed by atoms with Crippen molar-refractivity contribution in [3.63, 3.8) is 0 Å². The van der Waals surface area contributed by atoms with Gasteiger partial charge in [0.15, 0.2) is 0 Å². The molecule has 0 saturated carbocycles. The number of carboxylic acids is 1. The quantitative estimate of drug-likeness (QED) is 0.204. The number of rotatable bonds is 12. The van der Waals surface area contributed by atoms with E-state index in [9.17, 15) is 24.0 Å². The molecule has 11 nitrogen and oxygen atoms in total. The lowest BCUT2D eigenvalue weighted by atomic mass is 10.1. The first-order valence-electron chi connectivity index (χ1n) is 7.23. The molecular formula is C13H23N5O6S. The van der Waals surface area contributed by atoms with Gasteiger partial charge in [-0.15, -0.1) is 0 Å². The Morgan fingerprint density at radius 2 is 1.48 bits per heavy atom. The van der Waals surface area contributed by atoms with Crippen LogP contribution in [0.25, 0.3) is 0 Å². The van der Waals surface area contributed by atoms with E-state index >= 15 is 0 Å². The Kier molecular flexibility index (Phi) is 10.2. The summed E-state index contributed by atoms with van der Waals surface area (Å²) in [5.41, 5.74) is 15.4. The normalized spacial score (nSPS) is 14.0. The van der Waals surface area contributed by atoms with E-state index < -0.39 is 60.6 Å². The third-order valence-corrected chi connectivity index (χ3v) is 3.67. The number of carbonyl (C=O) groups is 5. The fourth-order valence-electron chi connectivity index (χ4n) is 1.76. The summed E-state index contributed by atoms with van der Waals surface area (Å²) in [4.78, 5) is 57.1. The summed E-state index contributed by atoms with van der Waals surface area (Å²) in [5, 5.41) is 13.5. The second-order valence-corrected chi connectivity index (χ2v) is 6.18. The topological polar surface area (TPSA) is 208 Å². The molecule has 0 saturated heterocycles. The number of carbonyl (C=O) groups excluding carboxylic acids is 4. The van der Waals surface area contributed by atoms with Gasteiger partial charge in [-0.3, -0.25) is 19.2 Å². The minimum Gasteiger partial charge on any atom is -0.480 e. The SMILES string of the molecule is CSCC[C@H](NC(=O)[C@H](CC(N)=O)NC(=O)[C@@H](N)CC(N)=O)C(=O)O. The summed E-state index contributed by atoms with van der Waals surface area (Å²) in [6.07, 6.45) is 0.912. The number of primary amides is 2. The first-order valence-corrected chi connectivity index (χ1v) is 8.62. The Morgan fingerprint density at radius 3 is 1.92 bits per heavy atom. The van der Waals surface area contributed by atoms with E-state index in [1.165, 1.54) is 11.8 Å². The number of hydrogen-bond donors (Lipinski definition) is 6. The average molecular weight is 377 g/mol. The molecule has 0 aliphatic carbocycles. The van der Waals surface area contributed by atoms with Crippen molar-refractivity contribution in [2.45, 2.75) is 37.4 Å². The standard InChI is InChI=1S/C13H23N5O6S/c1-25-3-2-7(13(23)24)17-12(22)8(5-10(16)20)18-11(21)6(14)4-9(15)19/h6-8H,2-5,14H2,1H3,(H2,15,19)(H2,16,20)(H,17,22)(H,18,21)(H,23,24)/t6-,7-,8-/m0/s1. The van der Waals surface area contributed by atoms with Crippen LogP contribution >= 0.6 is 11.8 Å². The third kappa shape index (κ3) is 9.52. The lowest BCUT2D eigenvalue weighted by Gasteiger charge is -2.21. The highest BCUT2D eigenvalue weighted by Crippen LogP contribution is 2.03. The molecule has 4 amide bonds. The Labute approximate surface area is 148 Å². The minimum absolute atomic E-state index is 0.153. The predicted molar refractivity (Wildman–Crippen MR) is 90.1 cm³/mol. The van der Waals surface area contributed by atoms with Gasteiger partial charge in [0.25, 0.3) is 0 Å². The van der Waals surface area contributed by atoms with Gasteiger partial charge in [-0.25, -0.2) is 4.79 Å². The molecule has 142 valence electrons. The minimum atomic E-state index is -1.42. The van der Waals surface area contributed by atoms with Gasteiger partial charge in [0, 0.05) is 0 Å². The number of amides is 4. The zero-order chi connectivity index (χ0) is 19.6. The van der Waals surface area contributed by atoms with Crippen LogP contribution in [0.3, 0.4) is 0 Å². The number of hydrogen-bond acceptors (Lipinski definition) is 7. The van der Waals surface area contributed by atoms with Crippen LogP contribution in [-0.2, 0) is 24.0 Å². The number of nitrogens with two attached hydrogens (primary N) is 3. The highest BCUT2D eigenvalue weighted by Gasteiger charge is 2.29. The lowest BCUT2D eigenvalue weighted by Crippen LogP contribution is -2.55. The second kappa shape index (κ2) is 11.3. The van der Waals surface area contributed by atoms with Crippen LogP contribution in [0, 0.1) is 0 Å². The molecule has 0 heterocycles. The molecule has 3 atom stereocenters. The zero-order valence-electron chi connectivity index (χ0n) is 13.7. The van der Waals surface area contributed by atoms with Crippen molar-refractivity contribution in [1.29, 1.82) is 0 Å². The molecule has 9 N–H and O–H groups in total. The van der Waals surface area contributed by atoms with Crippen molar-refractivity contribution < 1.29 is 29.1 Å². The highest BCUT2D eigenvalue weighted by molar-refractivity contribution is 7.98. The molecule has 0 radical (unpaired) electrons. The zero-order valence-corrected chi connectivity index (χ0v) is 14.5. The van der Waals surface area contributed by atoms with Gasteiger partial charge in [0.2, 0.25) is 23.6 Å². The summed E-state index contributed by atoms with van der Waals surface area (Å²) >= 11 is 1.39. The molecular weight excluding hydrogens is 354 g/mol. The fourth-order valence-corrected chi connectivity index (χ4v) is 2.24. The largest absolute Gasteiger partial charge is 0.480 e. The van der Waals surface area contributed by atoms with Crippen LogP contribution in [0.1, 0.15) is 19.3 Å². The maximum Gasteiger partial charge on any atom is 0.326 e. The van der Waals surface area contributed by atoms with E-state index in [1.807, 2.05) is 0 Å². The molecule has 0 bridgehead atoms. The highest BCUT2D eigenvalue weighted by atomic mass is 32.2. The fraction of sp³-hybridized carbons (Fsp3) is 0.615. The summed E-state index contributed by atoms with van der Waals surface area (Å²) in [5.74, 6) is -4.27. The van der Waals surface area contributed by atoms with Gasteiger partial charge >= 0.3 is 5.97 Å². The molecule has 0 rings (SSSR count). The molecule has 0 aromatic heterocycles. The van der Waals surface area contributed by atoms with Crippen molar-refractivity contribution in [3.05, 3.63) is 0 Å². The molecule has 12 heteroatoms. The van der Waals surface area contributed by atoms with E-state index in [4.69, 9.17) is 22.3 Å². The van der Waals surface area contributed by atoms with Crippen molar-refractivity contribution in [3.8, 4) is 0 Å². The average Bonchev–Trinajstić information content (AvgIpc) is 2.48. The Hall–Kier alpha value is -2.34. The van der Waals surface area contributed by atoms with Gasteiger partial charge in [-0.05, 0) is 18.4 Å². The van der Waals surface area contributed by atoms with Crippen LogP contribution in [0.15, 0.2) is 0 Å². The molecule has 0 spiro atoms. The van der Waals surface area contributed by atoms with Crippen LogP contribution in [0.5, 0.6) is 0 Å². The number of nitrogens with one attached hydrogen (secondary N) is 2. The Morgan fingerprint density at radius 1 is 0.960 bits per heavy atom. The molecule has 0 aliphatic rings. The van der Waals surface area contributed by atoms with Crippen LogP contribution < -0.4 is 27.8 Å². The first kappa shape index (κ1) is 22.7. The van der Waals surface area contributed by atoms with Gasteiger partial charge < -0.3 is 32.9 Å². The van der Waals surface area contributed by atoms with E-state index in [0.29, 0.717) is 5.75 Å². The van der Waals surface area contributed by atoms with E-state index in [0.717, 1.165) is 0 Å². The van der Waals surface area contributed by atoms with Crippen molar-refractivity contribution >= 4 is 41.4 Å². The van der Waals surface area contributed by atoms with Gasteiger partial charge in [0.05, 0.1) is 18.9 Å². The predicted octanol–water partition coefficient (Wildman–Crippen LogP) is -3.13. The Balaban J connectivity index is 5.01. The van der Waals surface area contributed by atoms with E-state index in [-0.39, 0.29) is 6.42 Å². The smallest absolute Gasteiger partial charge is 0.326 e. The van der Waals surface area contributed by atoms with Gasteiger partial charge in [-0.1, -0.05) is 0 Å². The second-order valence-electron chi connectivity index (χ2n) is 5.19. The molecule has 0 unspecified atom stereocenters. The van der Waals surface area contributed by atoms with Crippen LogP contribution in [0.4, 0.5) is 0 Å². The molecule has 0 aromatic rings. The maximum absolute atomic E-state index is 12.2. The van der Waals surface area contributed by atoms with Crippen LogP contribution in [0.2, 0.25) is 0 Å². The lowest BCUT2D eigenvalue weighted by molar-refractivity contribution is -0.142. The van der Waals surface area contributed by atoms with E-state index in [1.54, 1.807) is 6.26 Å².